The second kappa shape index (κ2) is 3.74. The van der Waals surface area contributed by atoms with E-state index in [-0.39, 0.29) is 0 Å². The van der Waals surface area contributed by atoms with Crippen molar-refractivity contribution < 1.29 is 0 Å². The zero-order valence-electron chi connectivity index (χ0n) is 9.44. The molecule has 2 aliphatic rings. The SMILES string of the molecule is CC1Cc2ccccc2N1C(=S)NC1CC1. The van der Waals surface area contributed by atoms with E-state index >= 15 is 0 Å². The summed E-state index contributed by atoms with van der Waals surface area (Å²) in [5.41, 5.74) is 2.70. The normalized spacial score (nSPS) is 23.1. The largest absolute Gasteiger partial charge is 0.360 e. The van der Waals surface area contributed by atoms with Gasteiger partial charge in [-0.05, 0) is 50.0 Å². The molecule has 0 aromatic heterocycles. The van der Waals surface area contributed by atoms with Crippen LogP contribution >= 0.6 is 12.2 Å². The molecule has 1 aromatic rings. The number of fused-ring (bicyclic) bond motifs is 1. The van der Waals surface area contributed by atoms with E-state index in [1.807, 2.05) is 0 Å². The van der Waals surface area contributed by atoms with Gasteiger partial charge >= 0.3 is 0 Å². The molecule has 0 spiro atoms. The fourth-order valence-electron chi connectivity index (χ4n) is 2.35. The molecule has 3 heteroatoms. The minimum atomic E-state index is 0.483. The van der Waals surface area contributed by atoms with Crippen molar-refractivity contribution in [3.8, 4) is 0 Å². The lowest BCUT2D eigenvalue weighted by atomic mass is 10.1. The Hall–Kier alpha value is -1.09. The number of anilines is 1. The van der Waals surface area contributed by atoms with Gasteiger partial charge < -0.3 is 10.2 Å². The predicted octanol–water partition coefficient (Wildman–Crippen LogP) is 2.47. The Kier molecular flexibility index (Phi) is 2.36. The van der Waals surface area contributed by atoms with Crippen LogP contribution in [0.1, 0.15) is 25.3 Å². The Balaban J connectivity index is 1.85. The van der Waals surface area contributed by atoms with Gasteiger partial charge in [-0.25, -0.2) is 0 Å². The van der Waals surface area contributed by atoms with Crippen LogP contribution < -0.4 is 10.2 Å². The second-order valence-corrected chi connectivity index (χ2v) is 5.16. The van der Waals surface area contributed by atoms with Gasteiger partial charge in [0.1, 0.15) is 0 Å². The average Bonchev–Trinajstić information content (AvgIpc) is 2.98. The molecule has 0 amide bonds. The molecule has 1 heterocycles. The molecule has 0 bridgehead atoms. The zero-order valence-corrected chi connectivity index (χ0v) is 10.3. The highest BCUT2D eigenvalue weighted by Gasteiger charge is 2.31. The maximum Gasteiger partial charge on any atom is 0.173 e. The lowest BCUT2D eigenvalue weighted by Crippen LogP contribution is -2.43. The minimum Gasteiger partial charge on any atom is -0.360 e. The Bertz CT molecular complexity index is 426. The summed E-state index contributed by atoms with van der Waals surface area (Å²) in [5, 5.41) is 4.33. The Labute approximate surface area is 102 Å². The number of rotatable bonds is 1. The summed E-state index contributed by atoms with van der Waals surface area (Å²) in [6, 6.07) is 9.67. The van der Waals surface area contributed by atoms with Gasteiger partial charge in [0.15, 0.2) is 5.11 Å². The highest BCUT2D eigenvalue weighted by molar-refractivity contribution is 7.80. The molecule has 2 nitrogen and oxygen atoms in total. The van der Waals surface area contributed by atoms with Crippen molar-refractivity contribution in [2.75, 3.05) is 4.90 Å². The van der Waals surface area contributed by atoms with Crippen molar-refractivity contribution in [3.05, 3.63) is 29.8 Å². The predicted molar refractivity (Wildman–Crippen MR) is 70.8 cm³/mol. The number of thiocarbonyl (C=S) groups is 1. The van der Waals surface area contributed by atoms with Crippen LogP contribution in [0.3, 0.4) is 0 Å². The second-order valence-electron chi connectivity index (χ2n) is 4.78. The van der Waals surface area contributed by atoms with E-state index in [0.717, 1.165) is 11.5 Å². The summed E-state index contributed by atoms with van der Waals surface area (Å²) in [6.45, 7) is 2.24. The molecule has 1 N–H and O–H groups in total. The van der Waals surface area contributed by atoms with Crippen molar-refractivity contribution in [1.29, 1.82) is 0 Å². The number of hydrogen-bond donors (Lipinski definition) is 1. The molecule has 1 aromatic carbocycles. The molecule has 1 fully saturated rings. The molecule has 3 rings (SSSR count). The molecule has 0 radical (unpaired) electrons. The third-order valence-electron chi connectivity index (χ3n) is 3.33. The summed E-state index contributed by atoms with van der Waals surface area (Å²) in [5.74, 6) is 0. The molecule has 1 unspecified atom stereocenters. The van der Waals surface area contributed by atoms with Crippen LogP contribution in [0.2, 0.25) is 0 Å². The smallest absolute Gasteiger partial charge is 0.173 e. The average molecular weight is 232 g/mol. The Morgan fingerprint density at radius 3 is 2.88 bits per heavy atom. The summed E-state index contributed by atoms with van der Waals surface area (Å²) >= 11 is 5.50. The van der Waals surface area contributed by atoms with Crippen molar-refractivity contribution in [3.63, 3.8) is 0 Å². The highest BCUT2D eigenvalue weighted by atomic mass is 32.1. The fourth-order valence-corrected chi connectivity index (χ4v) is 2.79. The maximum atomic E-state index is 5.50. The van der Waals surface area contributed by atoms with Crippen LogP contribution in [0.15, 0.2) is 24.3 Å². The van der Waals surface area contributed by atoms with Crippen LogP contribution in [-0.2, 0) is 6.42 Å². The summed E-state index contributed by atoms with van der Waals surface area (Å²) in [6.07, 6.45) is 3.64. The Morgan fingerprint density at radius 1 is 1.38 bits per heavy atom. The Morgan fingerprint density at radius 2 is 2.12 bits per heavy atom. The quantitative estimate of drug-likeness (QED) is 0.749. The van der Waals surface area contributed by atoms with E-state index in [0.29, 0.717) is 12.1 Å². The van der Waals surface area contributed by atoms with Gasteiger partial charge in [0.2, 0.25) is 0 Å². The van der Waals surface area contributed by atoms with Gasteiger partial charge in [-0.15, -0.1) is 0 Å². The van der Waals surface area contributed by atoms with E-state index in [9.17, 15) is 0 Å². The van der Waals surface area contributed by atoms with Crippen LogP contribution in [0.5, 0.6) is 0 Å². The standard InChI is InChI=1S/C13H16N2S/c1-9-8-10-4-2-3-5-12(10)15(9)13(16)14-11-6-7-11/h2-5,9,11H,6-8H2,1H3,(H,14,16). The molecule has 1 aliphatic carbocycles. The van der Waals surface area contributed by atoms with Crippen LogP contribution in [-0.4, -0.2) is 17.2 Å². The number of nitrogens with one attached hydrogen (secondary N) is 1. The molecule has 84 valence electrons. The van der Waals surface area contributed by atoms with Gasteiger partial charge in [-0.2, -0.15) is 0 Å². The van der Waals surface area contributed by atoms with Crippen molar-refractivity contribution >= 4 is 23.0 Å². The monoisotopic (exact) mass is 232 g/mol. The third-order valence-corrected chi connectivity index (χ3v) is 3.65. The highest BCUT2D eigenvalue weighted by Crippen LogP contribution is 2.32. The molecular weight excluding hydrogens is 216 g/mol. The summed E-state index contributed by atoms with van der Waals surface area (Å²) in [4.78, 5) is 2.27. The fraction of sp³-hybridized carbons (Fsp3) is 0.462. The molecule has 1 atom stereocenters. The zero-order chi connectivity index (χ0) is 11.1. The van der Waals surface area contributed by atoms with Gasteiger partial charge in [0.05, 0.1) is 0 Å². The summed E-state index contributed by atoms with van der Waals surface area (Å²) in [7, 11) is 0. The van der Waals surface area contributed by atoms with Gasteiger partial charge in [-0.3, -0.25) is 0 Å². The lowest BCUT2D eigenvalue weighted by molar-refractivity contribution is 0.754. The van der Waals surface area contributed by atoms with Crippen LogP contribution in [0.4, 0.5) is 5.69 Å². The number of benzene rings is 1. The molecule has 16 heavy (non-hydrogen) atoms. The van der Waals surface area contributed by atoms with E-state index in [4.69, 9.17) is 12.2 Å². The maximum absolute atomic E-state index is 5.50. The van der Waals surface area contributed by atoms with Crippen molar-refractivity contribution in [2.45, 2.75) is 38.3 Å². The van der Waals surface area contributed by atoms with E-state index in [1.165, 1.54) is 24.1 Å². The van der Waals surface area contributed by atoms with E-state index in [1.54, 1.807) is 0 Å². The van der Waals surface area contributed by atoms with Gasteiger partial charge in [0, 0.05) is 17.8 Å². The molecule has 1 saturated carbocycles. The van der Waals surface area contributed by atoms with Gasteiger partial charge in [-0.1, -0.05) is 18.2 Å². The minimum absolute atomic E-state index is 0.483. The van der Waals surface area contributed by atoms with E-state index < -0.39 is 0 Å². The van der Waals surface area contributed by atoms with Crippen molar-refractivity contribution in [1.82, 2.24) is 5.32 Å². The van der Waals surface area contributed by atoms with Gasteiger partial charge in [0.25, 0.3) is 0 Å². The number of hydrogen-bond acceptors (Lipinski definition) is 1. The first-order valence-corrected chi connectivity index (χ1v) is 6.34. The summed E-state index contributed by atoms with van der Waals surface area (Å²) < 4.78 is 0. The number of para-hydroxylation sites is 1. The first-order valence-electron chi connectivity index (χ1n) is 5.93. The molecule has 1 aliphatic heterocycles. The first kappa shape index (κ1) is 10.1. The third kappa shape index (κ3) is 1.69. The van der Waals surface area contributed by atoms with Crippen LogP contribution in [0.25, 0.3) is 0 Å². The van der Waals surface area contributed by atoms with E-state index in [2.05, 4.69) is 41.4 Å². The molecule has 0 saturated heterocycles. The topological polar surface area (TPSA) is 15.3 Å². The van der Waals surface area contributed by atoms with Crippen LogP contribution in [0, 0.1) is 0 Å². The van der Waals surface area contributed by atoms with Crippen molar-refractivity contribution in [2.24, 2.45) is 0 Å². The first-order chi connectivity index (χ1) is 7.75. The molecular formula is C13H16N2S. The number of nitrogens with zero attached hydrogens (tertiary/aromatic N) is 1. The lowest BCUT2D eigenvalue weighted by Gasteiger charge is -2.26.